The molecule has 14 N–H and O–H groups in total. The van der Waals surface area contributed by atoms with Crippen molar-refractivity contribution >= 4 is 161 Å². The summed E-state index contributed by atoms with van der Waals surface area (Å²) >= 11 is 0.386. The van der Waals surface area contributed by atoms with E-state index in [1.165, 1.54) is 23.0 Å². The third-order valence-corrected chi connectivity index (χ3v) is 17.0. The third kappa shape index (κ3) is 18.7. The fourth-order valence-corrected chi connectivity index (χ4v) is 11.9. The number of carboxylic acid groups (broad SMARTS) is 2. The van der Waals surface area contributed by atoms with E-state index in [0.29, 0.717) is 0 Å². The molecule has 0 aliphatic rings. The minimum atomic E-state index is -5.25. The molecule has 5 aromatic carbocycles. The van der Waals surface area contributed by atoms with Gasteiger partial charge in [-0.15, -0.1) is 34.1 Å². The molecule has 39 nitrogen and oxygen atoms in total. The molecule has 0 saturated carbocycles. The van der Waals surface area contributed by atoms with E-state index < -0.39 is 142 Å². The number of carboxylic acids is 2. The number of nitrogens with one attached hydrogen (secondary N) is 4. The zero-order valence-electron chi connectivity index (χ0n) is 43.5. The first-order valence-electron chi connectivity index (χ1n) is 23.3. The van der Waals surface area contributed by atoms with Crippen LogP contribution >= 0.6 is 24.1 Å². The smallest absolute Gasteiger partial charge is 0.444 e. The van der Waals surface area contributed by atoms with Crippen LogP contribution in [0.25, 0.3) is 16.7 Å². The third-order valence-electron chi connectivity index (χ3n) is 11.0. The van der Waals surface area contributed by atoms with Gasteiger partial charge < -0.3 is 37.2 Å². The van der Waals surface area contributed by atoms with Gasteiger partial charge in [-0.3, -0.25) is 23.0 Å². The molecule has 0 saturated heterocycles. The van der Waals surface area contributed by atoms with Gasteiger partial charge in [0.15, 0.2) is 9.84 Å². The highest BCUT2D eigenvalue weighted by Gasteiger charge is 2.27. The predicted octanol–water partition coefficient (Wildman–Crippen LogP) is 5.88. The zero-order chi connectivity index (χ0) is 65.2. The number of benzene rings is 5. The number of hydrogen-bond donors (Lipinski definition) is 13. The number of aliphatic carboxylic acids is 1. The molecule has 0 aliphatic heterocycles. The molecule has 2 aromatic heterocycles. The average Bonchev–Trinajstić information content (AvgIpc) is 3.55. The molecule has 0 spiro atoms. The van der Waals surface area contributed by atoms with Gasteiger partial charge >= 0.3 is 46.2 Å². The fourth-order valence-electron chi connectivity index (χ4n) is 7.28. The molecule has 472 valence electrons. The molecule has 89 heavy (non-hydrogen) atoms. The SMILES string of the molecule is NC(=O)Nc1cc(Nc2nc(Nc3cc(NCCC(=O)O)c(S(=O)(=O)O)cc3N=Nc3ccc(S(=O)(=O)CCOS(=O)(=O)O)cc3SOOO)nc(-[n+]3ccc(C(=O)O)cc3)n2)ccc1N=Nc1cc2c(S(=O)(=O)O)cc(SOOO)cc2cc1S(=O)(=O)O. The van der Waals surface area contributed by atoms with Crippen molar-refractivity contribution in [2.45, 2.75) is 35.8 Å². The first-order valence-corrected chi connectivity index (χ1v) is 32.1. The first kappa shape index (κ1) is 67.8. The molecular formula is C43H38N13O26S7+. The number of carbonyl (C=O) groups is 3. The number of pyridine rings is 1. The lowest BCUT2D eigenvalue weighted by atomic mass is 10.1. The van der Waals surface area contributed by atoms with E-state index in [4.69, 9.17) is 20.8 Å². The summed E-state index contributed by atoms with van der Waals surface area (Å²) in [6, 6.07) is 12.7. The summed E-state index contributed by atoms with van der Waals surface area (Å²) in [5.41, 5.74) is 2.26. The Hall–Kier alpha value is -8.66. The van der Waals surface area contributed by atoms with Gasteiger partial charge in [0.25, 0.3) is 30.4 Å². The van der Waals surface area contributed by atoms with Gasteiger partial charge in [-0.05, 0) is 100 Å². The average molecular weight is 1380 g/mol. The van der Waals surface area contributed by atoms with Crippen molar-refractivity contribution in [2.24, 2.45) is 26.2 Å². The molecule has 2 amide bonds. The van der Waals surface area contributed by atoms with Gasteiger partial charge in [0.1, 0.15) is 37.4 Å². The molecule has 0 unspecified atom stereocenters. The van der Waals surface area contributed by atoms with E-state index in [9.17, 15) is 80.3 Å². The fraction of sp³-hybridized carbons (Fsp3) is 0.0930. The number of aromatic carboxylic acids is 1. The number of primary amides is 1. The van der Waals surface area contributed by atoms with Crippen LogP contribution in [0.4, 0.5) is 62.2 Å². The van der Waals surface area contributed by atoms with Crippen molar-refractivity contribution in [1.29, 1.82) is 0 Å². The number of sulfone groups is 1. The van der Waals surface area contributed by atoms with Crippen molar-refractivity contribution < 1.29 is 123 Å². The van der Waals surface area contributed by atoms with Crippen molar-refractivity contribution in [3.8, 4) is 5.95 Å². The van der Waals surface area contributed by atoms with Crippen LogP contribution in [-0.2, 0) is 78.3 Å². The second-order valence-corrected chi connectivity index (χ2v) is 25.8. The van der Waals surface area contributed by atoms with Gasteiger partial charge in [0.05, 0.1) is 87.7 Å². The van der Waals surface area contributed by atoms with Crippen LogP contribution in [0.2, 0.25) is 0 Å². The van der Waals surface area contributed by atoms with E-state index >= 15 is 0 Å². The molecule has 0 atom stereocenters. The Morgan fingerprint density at radius 3 is 1.85 bits per heavy atom. The van der Waals surface area contributed by atoms with Gasteiger partial charge in [-0.2, -0.15) is 33.7 Å². The lowest BCUT2D eigenvalue weighted by Crippen LogP contribution is -2.33. The number of nitrogens with zero attached hydrogens (tertiary/aromatic N) is 8. The number of urea groups is 1. The number of nitrogens with two attached hydrogens (primary N) is 1. The molecule has 46 heteroatoms. The molecule has 0 aliphatic carbocycles. The summed E-state index contributed by atoms with van der Waals surface area (Å²) in [6.07, 6.45) is 1.83. The van der Waals surface area contributed by atoms with Crippen molar-refractivity contribution in [3.63, 3.8) is 0 Å². The number of fused-ring (bicyclic) bond motifs is 1. The quantitative estimate of drug-likeness (QED) is 0.00649. The minimum absolute atomic E-state index is 0.0418. The van der Waals surface area contributed by atoms with Crippen LogP contribution in [0.1, 0.15) is 16.8 Å². The Bertz CT molecular complexity index is 4590. The number of amides is 2. The van der Waals surface area contributed by atoms with Gasteiger partial charge in [-0.1, -0.05) is 10.1 Å². The van der Waals surface area contributed by atoms with Crippen LogP contribution in [0, 0.1) is 0 Å². The van der Waals surface area contributed by atoms with E-state index in [1.807, 2.05) is 0 Å². The maximum absolute atomic E-state index is 13.1. The molecule has 0 bridgehead atoms. The Kier molecular flexibility index (Phi) is 21.5. The Labute approximate surface area is 506 Å². The molecule has 7 rings (SSSR count). The van der Waals surface area contributed by atoms with Crippen molar-refractivity contribution in [2.75, 3.05) is 40.2 Å². The molecule has 0 radical (unpaired) electrons. The minimum Gasteiger partial charge on any atom is -0.481 e. The topological polar surface area (TPSA) is 596 Å². The number of rotatable bonds is 29. The van der Waals surface area contributed by atoms with Crippen LogP contribution < -0.4 is 31.6 Å². The van der Waals surface area contributed by atoms with E-state index in [0.717, 1.165) is 78.9 Å². The van der Waals surface area contributed by atoms with E-state index in [1.54, 1.807) is 0 Å². The summed E-state index contributed by atoms with van der Waals surface area (Å²) < 4.78 is 178. The molecule has 0 fully saturated rings. The summed E-state index contributed by atoms with van der Waals surface area (Å²) in [7, 11) is -25.0. The second-order valence-electron chi connectivity index (χ2n) is 16.9. The summed E-state index contributed by atoms with van der Waals surface area (Å²) in [5, 5.41) is 69.4. The van der Waals surface area contributed by atoms with Crippen LogP contribution in [0.15, 0.2) is 147 Å². The Morgan fingerprint density at radius 2 is 1.24 bits per heavy atom. The lowest BCUT2D eigenvalue weighted by Gasteiger charge is -2.14. The first-order chi connectivity index (χ1) is 41.7. The maximum Gasteiger partial charge on any atom is 0.444 e. The largest absolute Gasteiger partial charge is 0.481 e. The Morgan fingerprint density at radius 1 is 0.618 bits per heavy atom. The van der Waals surface area contributed by atoms with Crippen molar-refractivity contribution in [3.05, 3.63) is 103 Å². The van der Waals surface area contributed by atoms with Crippen LogP contribution in [-0.4, -0.2) is 133 Å². The molecule has 7 aromatic rings. The maximum atomic E-state index is 13.1. The molecule has 2 heterocycles. The number of aromatic nitrogens is 4. The summed E-state index contributed by atoms with van der Waals surface area (Å²) in [5.74, 6) is -4.90. The van der Waals surface area contributed by atoms with E-state index in [-0.39, 0.29) is 84.6 Å². The zero-order valence-corrected chi connectivity index (χ0v) is 49.2. The van der Waals surface area contributed by atoms with Crippen molar-refractivity contribution in [1.82, 2.24) is 15.0 Å². The predicted molar refractivity (Wildman–Crippen MR) is 301 cm³/mol. The van der Waals surface area contributed by atoms with Crippen LogP contribution in [0.3, 0.4) is 0 Å². The second kappa shape index (κ2) is 28.2. The monoisotopic (exact) mass is 1380 g/mol. The van der Waals surface area contributed by atoms with Crippen LogP contribution in [0.5, 0.6) is 0 Å². The lowest BCUT2D eigenvalue weighted by molar-refractivity contribution is -0.603. The number of anilines is 6. The number of hydrogen-bond acceptors (Lipinski definition) is 32. The highest BCUT2D eigenvalue weighted by atomic mass is 32.3. The molecular weight excluding hydrogens is 1340 g/mol. The number of azo groups is 2. The summed E-state index contributed by atoms with van der Waals surface area (Å²) in [6.45, 7) is -1.47. The normalized spacial score (nSPS) is 12.4. The number of carbonyl (C=O) groups excluding carboxylic acids is 1. The van der Waals surface area contributed by atoms with Gasteiger partial charge in [-0.25, -0.2) is 37.3 Å². The van der Waals surface area contributed by atoms with Gasteiger partial charge in [0, 0.05) is 22.5 Å². The Balaban J connectivity index is 1.34. The van der Waals surface area contributed by atoms with E-state index in [2.05, 4.69) is 79.6 Å². The highest BCUT2D eigenvalue weighted by Crippen LogP contribution is 2.41. The highest BCUT2D eigenvalue weighted by molar-refractivity contribution is 7.95. The summed E-state index contributed by atoms with van der Waals surface area (Å²) in [4.78, 5) is 45.0. The standard InChI is InChI=1S/C43H37N13O26S7/c44-40(61)47-29-15-23(1-3-27(29)52-55-33-18-26-22(14-36(33)87(69,70)71)13-24(83-81-79-62)16-35(26)86(66,67)68)46-41-49-42(51-43(50-41)56-9-6-21(7-10-56)39(59)60)48-30-19-32(45-8-5-38(57)58)37(88(72,73)74)20-31(30)54-53-28-4-2-25(17-34(28)84-82-80-63)85(64,65)12-11-78-89(75,76)77/h1-4,6-7,9-10,13-20H,5,8,11-12H2,(H13-,44,45,46,47,48,49,50,51,53,55,57,58,59,60,61,62,63,66,67,68,69,70,71,72,73,74,75,76,77)/p+1. The van der Waals surface area contributed by atoms with Gasteiger partial charge in [0.2, 0.25) is 0 Å².